The second-order valence-electron chi connectivity index (χ2n) is 4.39. The van der Waals surface area contributed by atoms with Gasteiger partial charge in [0, 0.05) is 12.2 Å². The Bertz CT molecular complexity index is 414. The fourth-order valence-electron chi connectivity index (χ4n) is 2.10. The summed E-state index contributed by atoms with van der Waals surface area (Å²) in [6.07, 6.45) is 0.891. The van der Waals surface area contributed by atoms with Crippen LogP contribution in [0.25, 0.3) is 0 Å². The van der Waals surface area contributed by atoms with Gasteiger partial charge in [-0.15, -0.1) is 0 Å². The molecular weight excluding hydrogens is 200 g/mol. The highest BCUT2D eigenvalue weighted by atomic mass is 16.2. The molecule has 1 aliphatic rings. The number of carbonyl (C=O) groups is 1. The Morgan fingerprint density at radius 1 is 1.31 bits per heavy atom. The SMILES string of the molecule is CNC1CCN(c2ccc(C)c(C)c2)C1=O. The molecule has 3 nitrogen and oxygen atoms in total. The van der Waals surface area contributed by atoms with Gasteiger partial charge in [0.25, 0.3) is 0 Å². The van der Waals surface area contributed by atoms with Gasteiger partial charge >= 0.3 is 0 Å². The Balaban J connectivity index is 2.25. The highest BCUT2D eigenvalue weighted by Gasteiger charge is 2.31. The molecule has 1 amide bonds. The van der Waals surface area contributed by atoms with Gasteiger partial charge in [0.05, 0.1) is 6.04 Å². The number of nitrogens with one attached hydrogen (secondary N) is 1. The molecule has 0 aromatic heterocycles. The van der Waals surface area contributed by atoms with E-state index in [0.717, 1.165) is 18.7 Å². The smallest absolute Gasteiger partial charge is 0.244 e. The van der Waals surface area contributed by atoms with Crippen molar-refractivity contribution in [1.82, 2.24) is 5.32 Å². The molecule has 1 aromatic rings. The summed E-state index contributed by atoms with van der Waals surface area (Å²) < 4.78 is 0. The average Bonchev–Trinajstić information content (AvgIpc) is 2.64. The summed E-state index contributed by atoms with van der Waals surface area (Å²) in [5.41, 5.74) is 3.52. The first kappa shape index (κ1) is 11.1. The van der Waals surface area contributed by atoms with Crippen LogP contribution in [-0.2, 0) is 4.79 Å². The summed E-state index contributed by atoms with van der Waals surface area (Å²) in [6.45, 7) is 4.98. The van der Waals surface area contributed by atoms with Crippen molar-refractivity contribution in [3.8, 4) is 0 Å². The van der Waals surface area contributed by atoms with E-state index in [4.69, 9.17) is 0 Å². The summed E-state index contributed by atoms with van der Waals surface area (Å²) in [5, 5.41) is 3.05. The quantitative estimate of drug-likeness (QED) is 0.818. The lowest BCUT2D eigenvalue weighted by atomic mass is 10.1. The number of anilines is 1. The lowest BCUT2D eigenvalue weighted by Crippen LogP contribution is -2.36. The fraction of sp³-hybridized carbons (Fsp3) is 0.462. The highest BCUT2D eigenvalue weighted by molar-refractivity contribution is 5.99. The second kappa shape index (κ2) is 4.26. The van der Waals surface area contributed by atoms with Crippen LogP contribution in [0.3, 0.4) is 0 Å². The van der Waals surface area contributed by atoms with E-state index in [9.17, 15) is 4.79 Å². The molecule has 0 saturated carbocycles. The molecule has 16 heavy (non-hydrogen) atoms. The largest absolute Gasteiger partial charge is 0.311 e. The lowest BCUT2D eigenvalue weighted by molar-refractivity contribution is -0.118. The third-order valence-electron chi connectivity index (χ3n) is 3.36. The van der Waals surface area contributed by atoms with Gasteiger partial charge in [0.2, 0.25) is 5.91 Å². The molecular formula is C13H18N2O. The predicted molar refractivity (Wildman–Crippen MR) is 65.7 cm³/mol. The van der Waals surface area contributed by atoms with Crippen LogP contribution in [0.2, 0.25) is 0 Å². The van der Waals surface area contributed by atoms with Crippen LogP contribution in [0.15, 0.2) is 18.2 Å². The zero-order valence-electron chi connectivity index (χ0n) is 10.1. The minimum atomic E-state index is -0.0124. The van der Waals surface area contributed by atoms with Gasteiger partial charge in [0.1, 0.15) is 0 Å². The van der Waals surface area contributed by atoms with Gasteiger partial charge in [-0.05, 0) is 50.6 Å². The van der Waals surface area contributed by atoms with Gasteiger partial charge in [-0.3, -0.25) is 4.79 Å². The topological polar surface area (TPSA) is 32.3 Å². The highest BCUT2D eigenvalue weighted by Crippen LogP contribution is 2.23. The number of hydrogen-bond acceptors (Lipinski definition) is 2. The monoisotopic (exact) mass is 218 g/mol. The molecule has 1 saturated heterocycles. The minimum absolute atomic E-state index is 0.0124. The van der Waals surface area contributed by atoms with E-state index in [0.29, 0.717) is 0 Å². The van der Waals surface area contributed by atoms with E-state index in [-0.39, 0.29) is 11.9 Å². The fourth-order valence-corrected chi connectivity index (χ4v) is 2.10. The zero-order valence-corrected chi connectivity index (χ0v) is 10.1. The lowest BCUT2D eigenvalue weighted by Gasteiger charge is -2.17. The molecule has 3 heteroatoms. The van der Waals surface area contributed by atoms with Crippen molar-refractivity contribution in [3.05, 3.63) is 29.3 Å². The Kier molecular flexibility index (Phi) is 2.97. The third kappa shape index (κ3) is 1.83. The van der Waals surface area contributed by atoms with Crippen molar-refractivity contribution >= 4 is 11.6 Å². The van der Waals surface area contributed by atoms with Crippen molar-refractivity contribution in [2.75, 3.05) is 18.5 Å². The first-order valence-electron chi connectivity index (χ1n) is 5.69. The molecule has 1 atom stereocenters. The van der Waals surface area contributed by atoms with Crippen LogP contribution in [0.1, 0.15) is 17.5 Å². The van der Waals surface area contributed by atoms with Crippen LogP contribution in [0.5, 0.6) is 0 Å². The summed E-state index contributed by atoms with van der Waals surface area (Å²) in [6, 6.07) is 6.18. The maximum absolute atomic E-state index is 12.0. The standard InChI is InChI=1S/C13H18N2O/c1-9-4-5-11(8-10(9)2)15-7-6-12(14-3)13(15)16/h4-5,8,12,14H,6-7H2,1-3H3. The van der Waals surface area contributed by atoms with Crippen molar-refractivity contribution < 1.29 is 4.79 Å². The number of benzene rings is 1. The van der Waals surface area contributed by atoms with Gasteiger partial charge in [0.15, 0.2) is 0 Å². The first-order chi connectivity index (χ1) is 7.63. The molecule has 1 aromatic carbocycles. The molecule has 1 fully saturated rings. The molecule has 1 heterocycles. The normalized spacial score (nSPS) is 20.6. The maximum Gasteiger partial charge on any atom is 0.244 e. The van der Waals surface area contributed by atoms with E-state index >= 15 is 0 Å². The van der Waals surface area contributed by atoms with E-state index in [1.165, 1.54) is 11.1 Å². The van der Waals surface area contributed by atoms with Gasteiger partial charge < -0.3 is 10.2 Å². The van der Waals surface area contributed by atoms with E-state index < -0.39 is 0 Å². The van der Waals surface area contributed by atoms with Gasteiger partial charge in [-0.1, -0.05) is 6.07 Å². The molecule has 0 spiro atoms. The Hall–Kier alpha value is -1.35. The second-order valence-corrected chi connectivity index (χ2v) is 4.39. The van der Waals surface area contributed by atoms with E-state index in [1.54, 1.807) is 0 Å². The Morgan fingerprint density at radius 2 is 2.06 bits per heavy atom. The van der Waals surface area contributed by atoms with Crippen LogP contribution >= 0.6 is 0 Å². The van der Waals surface area contributed by atoms with Crippen molar-refractivity contribution in [2.45, 2.75) is 26.3 Å². The number of nitrogens with zero attached hydrogens (tertiary/aromatic N) is 1. The average molecular weight is 218 g/mol. The van der Waals surface area contributed by atoms with E-state index in [1.807, 2.05) is 18.0 Å². The van der Waals surface area contributed by atoms with E-state index in [2.05, 4.69) is 31.3 Å². The van der Waals surface area contributed by atoms with Crippen LogP contribution in [0.4, 0.5) is 5.69 Å². The molecule has 0 aliphatic carbocycles. The molecule has 1 unspecified atom stereocenters. The number of rotatable bonds is 2. The van der Waals surface area contributed by atoms with Gasteiger partial charge in [-0.25, -0.2) is 0 Å². The number of carbonyl (C=O) groups excluding carboxylic acids is 1. The molecule has 0 radical (unpaired) electrons. The summed E-state index contributed by atoms with van der Waals surface area (Å²) >= 11 is 0. The first-order valence-corrected chi connectivity index (χ1v) is 5.69. The number of amides is 1. The summed E-state index contributed by atoms with van der Waals surface area (Å²) in [5.74, 6) is 0.186. The molecule has 0 bridgehead atoms. The van der Waals surface area contributed by atoms with Crippen LogP contribution in [0, 0.1) is 13.8 Å². The molecule has 86 valence electrons. The van der Waals surface area contributed by atoms with Crippen molar-refractivity contribution in [3.63, 3.8) is 0 Å². The molecule has 1 aliphatic heterocycles. The predicted octanol–water partition coefficient (Wildman–Crippen LogP) is 1.63. The number of likely N-dealkylation sites (N-methyl/N-ethyl adjacent to an activating group) is 1. The third-order valence-corrected chi connectivity index (χ3v) is 3.36. The van der Waals surface area contributed by atoms with Crippen molar-refractivity contribution in [1.29, 1.82) is 0 Å². The number of hydrogen-bond donors (Lipinski definition) is 1. The molecule has 1 N–H and O–H groups in total. The maximum atomic E-state index is 12.0. The van der Waals surface area contributed by atoms with Crippen molar-refractivity contribution in [2.24, 2.45) is 0 Å². The van der Waals surface area contributed by atoms with Crippen LogP contribution < -0.4 is 10.2 Å². The summed E-state index contributed by atoms with van der Waals surface area (Å²) in [7, 11) is 1.84. The number of aryl methyl sites for hydroxylation is 2. The Labute approximate surface area is 96.5 Å². The molecule has 2 rings (SSSR count). The van der Waals surface area contributed by atoms with Gasteiger partial charge in [-0.2, -0.15) is 0 Å². The Morgan fingerprint density at radius 3 is 2.62 bits per heavy atom. The minimum Gasteiger partial charge on any atom is -0.311 e. The zero-order chi connectivity index (χ0) is 11.7. The van der Waals surface area contributed by atoms with Crippen LogP contribution in [-0.4, -0.2) is 25.5 Å². The summed E-state index contributed by atoms with van der Waals surface area (Å²) in [4.78, 5) is 13.9.